The van der Waals surface area contributed by atoms with Gasteiger partial charge in [-0.25, -0.2) is 9.18 Å². The summed E-state index contributed by atoms with van der Waals surface area (Å²) in [4.78, 5) is 14.3. The quantitative estimate of drug-likeness (QED) is 0.814. The molecule has 0 aliphatic carbocycles. The first-order valence-corrected chi connectivity index (χ1v) is 9.36. The minimum absolute atomic E-state index is 0.00870. The van der Waals surface area contributed by atoms with Crippen LogP contribution in [0.4, 0.5) is 9.18 Å². The largest absolute Gasteiger partial charge is 0.376 e. The van der Waals surface area contributed by atoms with Gasteiger partial charge in [-0.15, -0.1) is 0 Å². The van der Waals surface area contributed by atoms with Gasteiger partial charge >= 0.3 is 6.03 Å². The van der Waals surface area contributed by atoms with E-state index < -0.39 is 0 Å². The van der Waals surface area contributed by atoms with Crippen LogP contribution >= 0.6 is 11.6 Å². The fraction of sp³-hybridized carbons (Fsp3) is 0.632. The number of carbonyl (C=O) groups excluding carboxylic acids is 1. The summed E-state index contributed by atoms with van der Waals surface area (Å²) in [7, 11) is 0. The van der Waals surface area contributed by atoms with Crippen LogP contribution in [0.3, 0.4) is 0 Å². The van der Waals surface area contributed by atoms with Crippen LogP contribution in [-0.2, 0) is 4.74 Å². The minimum atomic E-state index is -0.362. The lowest BCUT2D eigenvalue weighted by Gasteiger charge is -2.38. The van der Waals surface area contributed by atoms with Crippen molar-refractivity contribution < 1.29 is 13.9 Å². The molecule has 2 N–H and O–H groups in total. The standard InChI is InChI=1S/C19H29ClFN3O2/c1-13-11-24(8-9-26-13)16(17-14(20)6-5-7-15(17)21)10-22-18(25)23-12-19(2,3)4/h5-7,13,16H,8-12H2,1-4H3,(H2,22,23,25). The maximum atomic E-state index is 14.5. The third-order valence-corrected chi connectivity index (χ3v) is 4.61. The number of ether oxygens (including phenoxy) is 1. The van der Waals surface area contributed by atoms with Crippen molar-refractivity contribution in [1.82, 2.24) is 15.5 Å². The van der Waals surface area contributed by atoms with E-state index in [-0.39, 0.29) is 36.0 Å². The molecule has 1 saturated heterocycles. The third kappa shape index (κ3) is 6.11. The maximum Gasteiger partial charge on any atom is 0.314 e. The molecule has 0 radical (unpaired) electrons. The van der Waals surface area contributed by atoms with Gasteiger partial charge in [0.05, 0.1) is 18.8 Å². The summed E-state index contributed by atoms with van der Waals surface area (Å²) in [5.41, 5.74) is 0.407. The smallest absolute Gasteiger partial charge is 0.314 e. The van der Waals surface area contributed by atoms with Gasteiger partial charge in [-0.3, -0.25) is 4.90 Å². The highest BCUT2D eigenvalue weighted by atomic mass is 35.5. The summed E-state index contributed by atoms with van der Waals surface area (Å²) in [6.07, 6.45) is 0.0477. The Labute approximate surface area is 160 Å². The lowest BCUT2D eigenvalue weighted by Crippen LogP contribution is -2.48. The molecule has 0 saturated carbocycles. The Balaban J connectivity index is 2.12. The summed E-state index contributed by atoms with van der Waals surface area (Å²) in [6.45, 7) is 10.8. The summed E-state index contributed by atoms with van der Waals surface area (Å²) in [6, 6.07) is 4.05. The van der Waals surface area contributed by atoms with E-state index in [1.807, 2.05) is 27.7 Å². The number of carbonyl (C=O) groups is 1. The highest BCUT2D eigenvalue weighted by Gasteiger charge is 2.29. The maximum absolute atomic E-state index is 14.5. The molecule has 1 fully saturated rings. The average Bonchev–Trinajstić information content (AvgIpc) is 2.55. The van der Waals surface area contributed by atoms with Crippen molar-refractivity contribution in [2.75, 3.05) is 32.8 Å². The zero-order chi connectivity index (χ0) is 19.3. The Bertz CT molecular complexity index is 601. The van der Waals surface area contributed by atoms with Crippen molar-refractivity contribution in [3.05, 3.63) is 34.6 Å². The molecule has 146 valence electrons. The van der Waals surface area contributed by atoms with E-state index in [1.54, 1.807) is 12.1 Å². The highest BCUT2D eigenvalue weighted by molar-refractivity contribution is 6.31. The van der Waals surface area contributed by atoms with Gasteiger partial charge in [-0.05, 0) is 24.5 Å². The van der Waals surface area contributed by atoms with Gasteiger partial charge in [0.25, 0.3) is 0 Å². The van der Waals surface area contributed by atoms with Gasteiger partial charge in [0.15, 0.2) is 0 Å². The molecule has 2 atom stereocenters. The van der Waals surface area contributed by atoms with E-state index in [0.717, 1.165) is 0 Å². The van der Waals surface area contributed by atoms with Gasteiger partial charge in [0.1, 0.15) is 5.82 Å². The number of urea groups is 1. The van der Waals surface area contributed by atoms with Crippen LogP contribution in [0.25, 0.3) is 0 Å². The Morgan fingerprint density at radius 3 is 2.77 bits per heavy atom. The number of rotatable bonds is 5. The van der Waals surface area contributed by atoms with Gasteiger partial charge in [-0.2, -0.15) is 0 Å². The van der Waals surface area contributed by atoms with Crippen LogP contribution < -0.4 is 10.6 Å². The van der Waals surface area contributed by atoms with E-state index >= 15 is 0 Å². The van der Waals surface area contributed by atoms with E-state index in [0.29, 0.717) is 36.8 Å². The summed E-state index contributed by atoms with van der Waals surface area (Å²) >= 11 is 6.29. The van der Waals surface area contributed by atoms with Gasteiger partial charge in [-0.1, -0.05) is 38.4 Å². The second-order valence-corrected chi connectivity index (χ2v) is 8.36. The Kier molecular flexibility index (Phi) is 7.26. The van der Waals surface area contributed by atoms with E-state index in [2.05, 4.69) is 15.5 Å². The van der Waals surface area contributed by atoms with E-state index in [1.165, 1.54) is 6.07 Å². The van der Waals surface area contributed by atoms with Gasteiger partial charge < -0.3 is 15.4 Å². The highest BCUT2D eigenvalue weighted by Crippen LogP contribution is 2.31. The summed E-state index contributed by atoms with van der Waals surface area (Å²) < 4.78 is 20.1. The van der Waals surface area contributed by atoms with Crippen molar-refractivity contribution in [2.24, 2.45) is 5.41 Å². The lowest BCUT2D eigenvalue weighted by atomic mass is 9.97. The Morgan fingerprint density at radius 2 is 2.15 bits per heavy atom. The summed E-state index contributed by atoms with van der Waals surface area (Å²) in [5, 5.41) is 6.08. The van der Waals surface area contributed by atoms with Crippen molar-refractivity contribution in [2.45, 2.75) is 39.8 Å². The van der Waals surface area contributed by atoms with Crippen LogP contribution in [0, 0.1) is 11.2 Å². The van der Waals surface area contributed by atoms with Crippen LogP contribution in [0.2, 0.25) is 5.02 Å². The zero-order valence-electron chi connectivity index (χ0n) is 15.9. The molecule has 0 aromatic heterocycles. The number of hydrogen-bond acceptors (Lipinski definition) is 3. The predicted molar refractivity (Wildman–Crippen MR) is 102 cm³/mol. The van der Waals surface area contributed by atoms with Crippen molar-refractivity contribution >= 4 is 17.6 Å². The van der Waals surface area contributed by atoms with Crippen molar-refractivity contribution in [3.8, 4) is 0 Å². The molecular weight excluding hydrogens is 357 g/mol. The molecule has 0 bridgehead atoms. The first-order valence-electron chi connectivity index (χ1n) is 8.98. The van der Waals surface area contributed by atoms with Crippen LogP contribution in [0.15, 0.2) is 18.2 Å². The number of nitrogens with one attached hydrogen (secondary N) is 2. The Hall–Kier alpha value is -1.37. The fourth-order valence-corrected chi connectivity index (χ4v) is 3.26. The molecule has 5 nitrogen and oxygen atoms in total. The predicted octanol–water partition coefficient (Wildman–Crippen LogP) is 3.59. The molecule has 7 heteroatoms. The van der Waals surface area contributed by atoms with Crippen molar-refractivity contribution in [1.29, 1.82) is 0 Å². The topological polar surface area (TPSA) is 53.6 Å². The number of morpholine rings is 1. The number of benzene rings is 1. The molecule has 2 rings (SSSR count). The summed E-state index contributed by atoms with van der Waals surface area (Å²) in [5.74, 6) is -0.362. The third-order valence-electron chi connectivity index (χ3n) is 4.28. The lowest BCUT2D eigenvalue weighted by molar-refractivity contribution is -0.0345. The second-order valence-electron chi connectivity index (χ2n) is 7.95. The number of nitrogens with zero attached hydrogens (tertiary/aromatic N) is 1. The minimum Gasteiger partial charge on any atom is -0.376 e. The van der Waals surface area contributed by atoms with E-state index in [4.69, 9.17) is 16.3 Å². The molecular formula is C19H29ClFN3O2. The van der Waals surface area contributed by atoms with Crippen LogP contribution in [0.1, 0.15) is 39.3 Å². The monoisotopic (exact) mass is 385 g/mol. The molecule has 2 unspecified atom stereocenters. The Morgan fingerprint density at radius 1 is 1.42 bits per heavy atom. The SMILES string of the molecule is CC1CN(C(CNC(=O)NCC(C)(C)C)c2c(F)cccc2Cl)CCO1. The first kappa shape index (κ1) is 20.9. The molecule has 0 spiro atoms. The normalized spacial score (nSPS) is 19.8. The molecule has 1 aliphatic rings. The average molecular weight is 386 g/mol. The fourth-order valence-electron chi connectivity index (χ4n) is 2.97. The number of hydrogen-bond donors (Lipinski definition) is 2. The number of halogens is 2. The molecule has 26 heavy (non-hydrogen) atoms. The first-order chi connectivity index (χ1) is 12.2. The van der Waals surface area contributed by atoms with E-state index in [9.17, 15) is 9.18 Å². The van der Waals surface area contributed by atoms with Crippen LogP contribution in [0.5, 0.6) is 0 Å². The molecule has 1 heterocycles. The second kappa shape index (κ2) is 9.02. The zero-order valence-corrected chi connectivity index (χ0v) is 16.7. The van der Waals surface area contributed by atoms with Crippen molar-refractivity contribution in [3.63, 3.8) is 0 Å². The molecule has 2 amide bonds. The van der Waals surface area contributed by atoms with Gasteiger partial charge in [0, 0.05) is 36.8 Å². The van der Waals surface area contributed by atoms with Gasteiger partial charge in [0.2, 0.25) is 0 Å². The van der Waals surface area contributed by atoms with Crippen LogP contribution in [-0.4, -0.2) is 49.8 Å². The molecule has 1 aromatic rings. The molecule has 1 aliphatic heterocycles. The molecule has 1 aromatic carbocycles. The number of amides is 2.